The molecule has 2 amide bonds. The first-order valence-electron chi connectivity index (χ1n) is 5.43. The highest BCUT2D eigenvalue weighted by Gasteiger charge is 2.25. The van der Waals surface area contributed by atoms with Crippen LogP contribution in [0.4, 0.5) is 4.79 Å². The number of carboxylic acid groups (broad SMARTS) is 1. The first kappa shape index (κ1) is 14.0. The van der Waals surface area contributed by atoms with Crippen LogP contribution in [-0.2, 0) is 4.79 Å². The Morgan fingerprint density at radius 1 is 1.33 bits per heavy atom. The smallest absolute Gasteiger partial charge is 0.328 e. The molecular formula is C11H16N2O5. The molecule has 1 heterocycles. The van der Waals surface area contributed by atoms with E-state index in [1.54, 1.807) is 19.1 Å². The second-order valence-corrected chi connectivity index (χ2v) is 3.91. The number of amides is 2. The van der Waals surface area contributed by atoms with E-state index < -0.39 is 30.2 Å². The number of hydrogen-bond donors (Lipinski definition) is 4. The van der Waals surface area contributed by atoms with Gasteiger partial charge in [-0.15, -0.1) is 0 Å². The summed E-state index contributed by atoms with van der Waals surface area (Å²) in [5.74, 6) is -0.750. The van der Waals surface area contributed by atoms with Gasteiger partial charge in [-0.05, 0) is 26.0 Å². The molecule has 3 atom stereocenters. The first-order chi connectivity index (χ1) is 8.41. The number of carboxylic acids is 1. The van der Waals surface area contributed by atoms with Crippen LogP contribution < -0.4 is 10.6 Å². The average Bonchev–Trinajstić information content (AvgIpc) is 2.78. The number of urea groups is 1. The molecular weight excluding hydrogens is 240 g/mol. The number of carbonyl (C=O) groups is 2. The molecule has 7 nitrogen and oxygen atoms in total. The predicted molar refractivity (Wildman–Crippen MR) is 61.9 cm³/mol. The van der Waals surface area contributed by atoms with Gasteiger partial charge < -0.3 is 25.3 Å². The Bertz CT molecular complexity index is 402. The first-order valence-corrected chi connectivity index (χ1v) is 5.43. The Kier molecular flexibility index (Phi) is 4.73. The molecule has 1 aromatic rings. The highest BCUT2D eigenvalue weighted by Crippen LogP contribution is 2.11. The zero-order valence-corrected chi connectivity index (χ0v) is 10.1. The lowest BCUT2D eigenvalue weighted by atomic mass is 10.2. The molecule has 0 bridgehead atoms. The molecule has 1 unspecified atom stereocenters. The minimum Gasteiger partial charge on any atom is -0.480 e. The maximum Gasteiger partial charge on any atom is 0.328 e. The average molecular weight is 256 g/mol. The summed E-state index contributed by atoms with van der Waals surface area (Å²) in [5, 5.41) is 22.7. The molecule has 1 aromatic heterocycles. The molecule has 100 valence electrons. The van der Waals surface area contributed by atoms with E-state index in [-0.39, 0.29) is 0 Å². The van der Waals surface area contributed by atoms with Gasteiger partial charge in [-0.3, -0.25) is 0 Å². The van der Waals surface area contributed by atoms with Crippen molar-refractivity contribution in [3.05, 3.63) is 24.2 Å². The van der Waals surface area contributed by atoms with Crippen LogP contribution in [0, 0.1) is 0 Å². The molecule has 1 rings (SSSR count). The SMILES string of the molecule is CC(NC(=O)N[C@H](C(=O)O)[C@@H](C)O)c1ccco1. The van der Waals surface area contributed by atoms with Gasteiger partial charge in [0.25, 0.3) is 0 Å². The lowest BCUT2D eigenvalue weighted by molar-refractivity contribution is -0.141. The lowest BCUT2D eigenvalue weighted by Gasteiger charge is -2.19. The molecule has 0 fully saturated rings. The summed E-state index contributed by atoms with van der Waals surface area (Å²) in [7, 11) is 0. The van der Waals surface area contributed by atoms with E-state index in [0.717, 1.165) is 0 Å². The summed E-state index contributed by atoms with van der Waals surface area (Å²) in [4.78, 5) is 22.3. The van der Waals surface area contributed by atoms with Gasteiger partial charge in [-0.1, -0.05) is 0 Å². The Morgan fingerprint density at radius 2 is 2.00 bits per heavy atom. The largest absolute Gasteiger partial charge is 0.480 e. The van der Waals surface area contributed by atoms with E-state index >= 15 is 0 Å². The standard InChI is InChI=1S/C11H16N2O5/c1-6(8-4-3-5-18-8)12-11(17)13-9(7(2)14)10(15)16/h3-7,9,14H,1-2H3,(H,15,16)(H2,12,13,17)/t6?,7-,9+/m1/s1. The summed E-state index contributed by atoms with van der Waals surface area (Å²) >= 11 is 0. The number of carbonyl (C=O) groups excluding carboxylic acids is 1. The maximum absolute atomic E-state index is 11.5. The number of rotatable bonds is 5. The van der Waals surface area contributed by atoms with E-state index in [2.05, 4.69) is 10.6 Å². The van der Waals surface area contributed by atoms with Crippen LogP contribution in [0.5, 0.6) is 0 Å². The van der Waals surface area contributed by atoms with Gasteiger partial charge in [0.15, 0.2) is 6.04 Å². The van der Waals surface area contributed by atoms with Crippen LogP contribution in [0.3, 0.4) is 0 Å². The molecule has 7 heteroatoms. The Morgan fingerprint density at radius 3 is 2.44 bits per heavy atom. The van der Waals surface area contributed by atoms with Crippen molar-refractivity contribution in [2.75, 3.05) is 0 Å². The molecule has 0 spiro atoms. The van der Waals surface area contributed by atoms with Crippen molar-refractivity contribution in [3.63, 3.8) is 0 Å². The Balaban J connectivity index is 2.53. The second kappa shape index (κ2) is 6.06. The highest BCUT2D eigenvalue weighted by molar-refractivity contribution is 5.83. The van der Waals surface area contributed by atoms with E-state index in [1.165, 1.54) is 13.2 Å². The van der Waals surface area contributed by atoms with Crippen molar-refractivity contribution < 1.29 is 24.2 Å². The van der Waals surface area contributed by atoms with Crippen molar-refractivity contribution in [1.82, 2.24) is 10.6 Å². The van der Waals surface area contributed by atoms with Crippen LogP contribution in [0.25, 0.3) is 0 Å². The molecule has 0 aliphatic rings. The number of furan rings is 1. The van der Waals surface area contributed by atoms with Gasteiger partial charge in [-0.2, -0.15) is 0 Å². The third-order valence-corrected chi connectivity index (χ3v) is 2.35. The van der Waals surface area contributed by atoms with Gasteiger partial charge in [-0.25, -0.2) is 9.59 Å². The molecule has 18 heavy (non-hydrogen) atoms. The van der Waals surface area contributed by atoms with Crippen molar-refractivity contribution in [2.45, 2.75) is 32.0 Å². The summed E-state index contributed by atoms with van der Waals surface area (Å²) in [6.45, 7) is 2.98. The summed E-state index contributed by atoms with van der Waals surface area (Å²) in [6, 6.07) is 0.930. The molecule has 0 saturated heterocycles. The maximum atomic E-state index is 11.5. The zero-order chi connectivity index (χ0) is 13.7. The molecule has 4 N–H and O–H groups in total. The molecule has 0 aliphatic heterocycles. The van der Waals surface area contributed by atoms with Crippen molar-refractivity contribution in [1.29, 1.82) is 0 Å². The number of aliphatic hydroxyl groups excluding tert-OH is 1. The van der Waals surface area contributed by atoms with E-state index in [0.29, 0.717) is 5.76 Å². The van der Waals surface area contributed by atoms with Crippen molar-refractivity contribution >= 4 is 12.0 Å². The minimum absolute atomic E-state index is 0.400. The number of aliphatic hydroxyl groups is 1. The van der Waals surface area contributed by atoms with Crippen LogP contribution in [0.15, 0.2) is 22.8 Å². The predicted octanol–water partition coefficient (Wildman–Crippen LogP) is 0.474. The fourth-order valence-electron chi connectivity index (χ4n) is 1.38. The summed E-state index contributed by atoms with van der Waals surface area (Å²) in [6.07, 6.45) is 0.286. The van der Waals surface area contributed by atoms with E-state index in [1.807, 2.05) is 0 Å². The fraction of sp³-hybridized carbons (Fsp3) is 0.455. The van der Waals surface area contributed by atoms with Crippen LogP contribution in [0.1, 0.15) is 25.6 Å². The fourth-order valence-corrected chi connectivity index (χ4v) is 1.38. The topological polar surface area (TPSA) is 112 Å². The van der Waals surface area contributed by atoms with Crippen LogP contribution in [0.2, 0.25) is 0 Å². The molecule has 0 radical (unpaired) electrons. The molecule has 0 saturated carbocycles. The van der Waals surface area contributed by atoms with Crippen molar-refractivity contribution in [2.24, 2.45) is 0 Å². The number of hydrogen-bond acceptors (Lipinski definition) is 4. The molecule has 0 aromatic carbocycles. The van der Waals surface area contributed by atoms with E-state index in [4.69, 9.17) is 9.52 Å². The normalized spacial score (nSPS) is 15.5. The third-order valence-electron chi connectivity index (χ3n) is 2.35. The lowest BCUT2D eigenvalue weighted by Crippen LogP contribution is -2.51. The van der Waals surface area contributed by atoms with Crippen LogP contribution in [-0.4, -0.2) is 34.4 Å². The van der Waals surface area contributed by atoms with Gasteiger partial charge >= 0.3 is 12.0 Å². The summed E-state index contributed by atoms with van der Waals surface area (Å²) in [5.41, 5.74) is 0. The third kappa shape index (κ3) is 3.77. The van der Waals surface area contributed by atoms with Crippen molar-refractivity contribution in [3.8, 4) is 0 Å². The minimum atomic E-state index is -1.35. The Hall–Kier alpha value is -2.02. The van der Waals surface area contributed by atoms with Crippen LogP contribution >= 0.6 is 0 Å². The van der Waals surface area contributed by atoms with Gasteiger partial charge in [0.2, 0.25) is 0 Å². The zero-order valence-electron chi connectivity index (χ0n) is 10.1. The summed E-state index contributed by atoms with van der Waals surface area (Å²) < 4.78 is 5.09. The second-order valence-electron chi connectivity index (χ2n) is 3.91. The van der Waals surface area contributed by atoms with Gasteiger partial charge in [0.05, 0.1) is 18.4 Å². The van der Waals surface area contributed by atoms with E-state index in [9.17, 15) is 14.7 Å². The van der Waals surface area contributed by atoms with Gasteiger partial charge in [0.1, 0.15) is 5.76 Å². The quantitative estimate of drug-likeness (QED) is 0.612. The highest BCUT2D eigenvalue weighted by atomic mass is 16.4. The monoisotopic (exact) mass is 256 g/mol. The molecule has 0 aliphatic carbocycles. The Labute approximate surface area is 104 Å². The van der Waals surface area contributed by atoms with Gasteiger partial charge in [0, 0.05) is 0 Å². The number of nitrogens with one attached hydrogen (secondary N) is 2. The number of aliphatic carboxylic acids is 1.